The van der Waals surface area contributed by atoms with Gasteiger partial charge in [-0.25, -0.2) is 9.80 Å². The number of carbonyl (C=O) groups excluding carboxylic acids is 2. The molecule has 0 aliphatic rings. The molecule has 0 saturated heterocycles. The lowest BCUT2D eigenvalue weighted by Crippen LogP contribution is -2.55. The summed E-state index contributed by atoms with van der Waals surface area (Å²) in [6.07, 6.45) is 2.17. The van der Waals surface area contributed by atoms with E-state index >= 15 is 0 Å². The first kappa shape index (κ1) is 20.8. The molecule has 0 heterocycles. The van der Waals surface area contributed by atoms with E-state index in [0.717, 1.165) is 12.8 Å². The fourth-order valence-corrected chi connectivity index (χ4v) is 1.54. The normalized spacial score (nSPS) is 10.9. The Morgan fingerprint density at radius 2 is 1.74 bits per heavy atom. The molecule has 0 aliphatic heterocycles. The standard InChI is InChI=1S/C12H23ClN2O3.ClH/c1-6-8-9-10(16)14(7-2)15(12(3,4)5)18-11(13)17;/h6-9H2,1-5H3;1H. The van der Waals surface area contributed by atoms with Gasteiger partial charge in [-0.1, -0.05) is 13.3 Å². The highest BCUT2D eigenvalue weighted by atomic mass is 35.5. The van der Waals surface area contributed by atoms with E-state index in [0.29, 0.717) is 13.0 Å². The van der Waals surface area contributed by atoms with E-state index in [2.05, 4.69) is 0 Å². The molecule has 19 heavy (non-hydrogen) atoms. The lowest BCUT2D eigenvalue weighted by Gasteiger charge is -2.39. The van der Waals surface area contributed by atoms with Gasteiger partial charge in [0, 0.05) is 24.6 Å². The van der Waals surface area contributed by atoms with Crippen molar-refractivity contribution in [1.29, 1.82) is 0 Å². The van der Waals surface area contributed by atoms with Crippen LogP contribution >= 0.6 is 24.0 Å². The van der Waals surface area contributed by atoms with Crippen LogP contribution in [0.2, 0.25) is 0 Å². The second kappa shape index (κ2) is 9.39. The molecule has 1 amide bonds. The minimum absolute atomic E-state index is 0. The number of hydrazine groups is 1. The summed E-state index contributed by atoms with van der Waals surface area (Å²) >= 11 is 5.25. The quantitative estimate of drug-likeness (QED) is 0.553. The molecule has 0 atom stereocenters. The van der Waals surface area contributed by atoms with Gasteiger partial charge in [-0.15, -0.1) is 12.4 Å². The van der Waals surface area contributed by atoms with E-state index < -0.39 is 11.0 Å². The topological polar surface area (TPSA) is 49.9 Å². The van der Waals surface area contributed by atoms with Gasteiger partial charge in [-0.2, -0.15) is 0 Å². The van der Waals surface area contributed by atoms with E-state index in [1.807, 2.05) is 34.6 Å². The van der Waals surface area contributed by atoms with Gasteiger partial charge < -0.3 is 4.84 Å². The SMILES string of the molecule is CCCCC(=O)N(CC)N(OC(=O)Cl)C(C)(C)C.Cl. The third kappa shape index (κ3) is 7.60. The number of hydroxylamine groups is 1. The van der Waals surface area contributed by atoms with Crippen LogP contribution in [0.15, 0.2) is 0 Å². The summed E-state index contributed by atoms with van der Waals surface area (Å²) < 4.78 is 0. The fraction of sp³-hybridized carbons (Fsp3) is 0.833. The fourth-order valence-electron chi connectivity index (χ4n) is 1.48. The first-order chi connectivity index (χ1) is 8.23. The van der Waals surface area contributed by atoms with Gasteiger partial charge in [0.05, 0.1) is 5.54 Å². The summed E-state index contributed by atoms with van der Waals surface area (Å²) in [6.45, 7) is 9.77. The van der Waals surface area contributed by atoms with Gasteiger partial charge >= 0.3 is 5.43 Å². The number of nitrogens with zero attached hydrogens (tertiary/aromatic N) is 2. The van der Waals surface area contributed by atoms with Gasteiger partial charge in [0.1, 0.15) is 0 Å². The highest BCUT2D eigenvalue weighted by Gasteiger charge is 2.33. The van der Waals surface area contributed by atoms with Crippen molar-refractivity contribution >= 4 is 35.3 Å². The van der Waals surface area contributed by atoms with E-state index in [-0.39, 0.29) is 18.3 Å². The zero-order chi connectivity index (χ0) is 14.3. The van der Waals surface area contributed by atoms with Crippen molar-refractivity contribution in [2.45, 2.75) is 59.4 Å². The van der Waals surface area contributed by atoms with Crippen LogP contribution in [0, 0.1) is 0 Å². The van der Waals surface area contributed by atoms with Crippen LogP contribution in [0.1, 0.15) is 53.9 Å². The largest absolute Gasteiger partial charge is 0.424 e. The lowest BCUT2D eigenvalue weighted by molar-refractivity contribution is -0.273. The monoisotopic (exact) mass is 314 g/mol. The van der Waals surface area contributed by atoms with Gasteiger partial charge in [0.2, 0.25) is 5.91 Å². The van der Waals surface area contributed by atoms with Gasteiger partial charge in [-0.05, 0) is 39.3 Å². The van der Waals surface area contributed by atoms with Crippen LogP contribution < -0.4 is 0 Å². The van der Waals surface area contributed by atoms with Gasteiger partial charge in [0.25, 0.3) is 0 Å². The molecule has 0 bridgehead atoms. The Morgan fingerprint density at radius 3 is 2.05 bits per heavy atom. The van der Waals surface area contributed by atoms with Crippen LogP contribution in [-0.2, 0) is 9.63 Å². The Balaban J connectivity index is 0. The van der Waals surface area contributed by atoms with Gasteiger partial charge in [-0.3, -0.25) is 4.79 Å². The predicted octanol–water partition coefficient (Wildman–Crippen LogP) is 3.75. The van der Waals surface area contributed by atoms with E-state index in [1.54, 1.807) is 0 Å². The maximum Gasteiger partial charge on any atom is 0.424 e. The summed E-state index contributed by atoms with van der Waals surface area (Å²) in [4.78, 5) is 27.9. The number of amides is 1. The molecule has 114 valence electrons. The van der Waals surface area contributed by atoms with Crippen LogP contribution in [0.3, 0.4) is 0 Å². The van der Waals surface area contributed by atoms with Crippen molar-refractivity contribution in [3.63, 3.8) is 0 Å². The number of rotatable bonds is 6. The number of hydrogen-bond donors (Lipinski definition) is 0. The second-order valence-corrected chi connectivity index (χ2v) is 5.29. The molecule has 0 unspecified atom stereocenters. The Bertz CT molecular complexity index is 293. The third-order valence-electron chi connectivity index (χ3n) is 2.28. The van der Waals surface area contributed by atoms with Crippen LogP contribution in [0.5, 0.6) is 0 Å². The third-order valence-corrected chi connectivity index (χ3v) is 2.35. The number of carbonyl (C=O) groups is 2. The van der Waals surface area contributed by atoms with Crippen LogP contribution in [0.25, 0.3) is 0 Å². The number of unbranched alkanes of at least 4 members (excludes halogenated alkanes) is 1. The summed E-state index contributed by atoms with van der Waals surface area (Å²) in [5, 5.41) is 2.66. The second-order valence-electron chi connectivity index (χ2n) is 4.99. The molecule has 0 aromatic rings. The molecule has 0 rings (SSSR count). The van der Waals surface area contributed by atoms with E-state index in [9.17, 15) is 9.59 Å². The smallest absolute Gasteiger partial charge is 0.334 e. The van der Waals surface area contributed by atoms with Crippen molar-refractivity contribution < 1.29 is 14.4 Å². The van der Waals surface area contributed by atoms with E-state index in [4.69, 9.17) is 16.4 Å². The zero-order valence-electron chi connectivity index (χ0n) is 12.2. The first-order valence-corrected chi connectivity index (χ1v) is 6.59. The summed E-state index contributed by atoms with van der Waals surface area (Å²) in [5.41, 5.74) is -1.49. The van der Waals surface area contributed by atoms with Gasteiger partial charge in [0.15, 0.2) is 0 Å². The van der Waals surface area contributed by atoms with Crippen LogP contribution in [0.4, 0.5) is 4.79 Å². The maximum absolute atomic E-state index is 12.1. The zero-order valence-corrected chi connectivity index (χ0v) is 13.8. The number of halogens is 2. The predicted molar refractivity (Wildman–Crippen MR) is 78.1 cm³/mol. The van der Waals surface area contributed by atoms with Crippen molar-refractivity contribution in [3.05, 3.63) is 0 Å². The van der Waals surface area contributed by atoms with Crippen LogP contribution in [-0.4, -0.2) is 33.6 Å². The summed E-state index contributed by atoms with van der Waals surface area (Å²) in [5.74, 6) is -0.0767. The maximum atomic E-state index is 12.1. The Hall–Kier alpha value is -0.520. The molecule has 5 nitrogen and oxygen atoms in total. The average Bonchev–Trinajstić information content (AvgIpc) is 2.24. The highest BCUT2D eigenvalue weighted by molar-refractivity contribution is 6.61. The lowest BCUT2D eigenvalue weighted by atomic mass is 10.1. The average molecular weight is 315 g/mol. The molecule has 0 saturated carbocycles. The van der Waals surface area contributed by atoms with E-state index in [1.165, 1.54) is 10.2 Å². The van der Waals surface area contributed by atoms with Crippen molar-refractivity contribution in [2.24, 2.45) is 0 Å². The Labute approximate surface area is 126 Å². The van der Waals surface area contributed by atoms with Crippen molar-refractivity contribution in [3.8, 4) is 0 Å². The summed E-state index contributed by atoms with van der Waals surface area (Å²) in [6, 6.07) is 0. The molecule has 0 aromatic carbocycles. The Morgan fingerprint density at radius 1 is 1.21 bits per heavy atom. The number of hydrogen-bond acceptors (Lipinski definition) is 4. The Kier molecular flexibility index (Phi) is 10.3. The molecular weight excluding hydrogens is 291 g/mol. The molecule has 0 fully saturated rings. The molecule has 0 N–H and O–H groups in total. The molecular formula is C12H24Cl2N2O3. The molecule has 0 aromatic heterocycles. The molecule has 0 radical (unpaired) electrons. The van der Waals surface area contributed by atoms with Crippen molar-refractivity contribution in [2.75, 3.05) is 6.54 Å². The minimum atomic E-state index is -0.952. The summed E-state index contributed by atoms with van der Waals surface area (Å²) in [7, 11) is 0. The molecule has 0 aliphatic carbocycles. The first-order valence-electron chi connectivity index (χ1n) is 6.22. The van der Waals surface area contributed by atoms with Crippen molar-refractivity contribution in [1.82, 2.24) is 10.2 Å². The minimum Gasteiger partial charge on any atom is -0.334 e. The molecule has 7 heteroatoms. The highest BCUT2D eigenvalue weighted by Crippen LogP contribution is 2.19. The molecule has 0 spiro atoms.